The maximum Gasteiger partial charge on any atom is 0.317 e. The minimum Gasteiger partial charge on any atom is -0.465 e. The maximum absolute atomic E-state index is 13.0. The van der Waals surface area contributed by atoms with Gasteiger partial charge in [0, 0.05) is 5.70 Å². The number of nitrogens with one attached hydrogen (secondary N) is 2. The fourth-order valence-electron chi connectivity index (χ4n) is 2.14. The molecule has 0 amide bonds. The molecule has 0 radical (unpaired) electrons. The monoisotopic (exact) mass is 294 g/mol. The number of rotatable bonds is 3. The minimum atomic E-state index is -0.618. The van der Waals surface area contributed by atoms with Crippen molar-refractivity contribution < 1.29 is 13.9 Å². The molecule has 1 aliphatic rings. The van der Waals surface area contributed by atoms with Gasteiger partial charge >= 0.3 is 5.97 Å². The zero-order valence-corrected chi connectivity index (χ0v) is 11.8. The van der Waals surface area contributed by atoms with Crippen LogP contribution in [0.2, 0.25) is 0 Å². The number of ether oxygens (including phenoxy) is 1. The van der Waals surface area contributed by atoms with Crippen molar-refractivity contribution in [3.8, 4) is 0 Å². The van der Waals surface area contributed by atoms with Crippen LogP contribution in [0.1, 0.15) is 18.5 Å². The second-order valence-corrected chi connectivity index (χ2v) is 4.79. The van der Waals surface area contributed by atoms with Crippen molar-refractivity contribution in [3.63, 3.8) is 0 Å². The minimum absolute atomic E-state index is 0.281. The van der Waals surface area contributed by atoms with E-state index >= 15 is 0 Å². The fraction of sp³-hybridized carbons (Fsp3) is 0.286. The van der Waals surface area contributed by atoms with Crippen molar-refractivity contribution in [3.05, 3.63) is 47.9 Å². The van der Waals surface area contributed by atoms with Crippen molar-refractivity contribution in [2.75, 3.05) is 6.61 Å². The van der Waals surface area contributed by atoms with Crippen molar-refractivity contribution in [1.29, 1.82) is 0 Å². The van der Waals surface area contributed by atoms with Crippen LogP contribution in [0.5, 0.6) is 0 Å². The molecule has 0 spiro atoms. The summed E-state index contributed by atoms with van der Waals surface area (Å²) in [4.78, 5) is 12.1. The zero-order chi connectivity index (χ0) is 14.7. The van der Waals surface area contributed by atoms with Gasteiger partial charge in [-0.05, 0) is 36.8 Å². The van der Waals surface area contributed by atoms with Gasteiger partial charge < -0.3 is 15.4 Å². The van der Waals surface area contributed by atoms with E-state index in [4.69, 9.17) is 17.0 Å². The third kappa shape index (κ3) is 2.96. The van der Waals surface area contributed by atoms with E-state index in [0.29, 0.717) is 10.8 Å². The first-order valence-electron chi connectivity index (χ1n) is 6.21. The third-order valence-corrected chi connectivity index (χ3v) is 3.26. The van der Waals surface area contributed by atoms with Crippen LogP contribution < -0.4 is 10.6 Å². The standard InChI is InChI=1S/C14H15FN2O2S/c1-3-19-13(18)11-8(2)16-14(20)17-12(11)9-4-6-10(15)7-5-9/h4-7,11-12H,2-3H2,1H3,(H2,16,17,20). The number of hydrogen-bond acceptors (Lipinski definition) is 3. The van der Waals surface area contributed by atoms with Crippen LogP contribution in [0.15, 0.2) is 36.5 Å². The average molecular weight is 294 g/mol. The predicted molar refractivity (Wildman–Crippen MR) is 77.3 cm³/mol. The van der Waals surface area contributed by atoms with Crippen LogP contribution in [0, 0.1) is 11.7 Å². The lowest BCUT2D eigenvalue weighted by atomic mass is 9.89. The molecule has 2 atom stereocenters. The van der Waals surface area contributed by atoms with Crippen LogP contribution in [0.3, 0.4) is 0 Å². The van der Waals surface area contributed by atoms with Crippen LogP contribution >= 0.6 is 12.2 Å². The summed E-state index contributed by atoms with van der Waals surface area (Å²) in [6, 6.07) is 5.48. The van der Waals surface area contributed by atoms with Gasteiger partial charge in [-0.2, -0.15) is 0 Å². The van der Waals surface area contributed by atoms with E-state index in [-0.39, 0.29) is 12.4 Å². The number of hydrogen-bond donors (Lipinski definition) is 2. The lowest BCUT2D eigenvalue weighted by molar-refractivity contribution is -0.147. The predicted octanol–water partition coefficient (Wildman–Crippen LogP) is 2.04. The van der Waals surface area contributed by atoms with E-state index in [0.717, 1.165) is 5.56 Å². The van der Waals surface area contributed by atoms with Crippen LogP contribution in [-0.4, -0.2) is 17.7 Å². The second-order valence-electron chi connectivity index (χ2n) is 4.38. The van der Waals surface area contributed by atoms with E-state index in [9.17, 15) is 9.18 Å². The van der Waals surface area contributed by atoms with Gasteiger partial charge in [0.2, 0.25) is 0 Å². The van der Waals surface area contributed by atoms with Crippen molar-refractivity contribution >= 4 is 23.3 Å². The normalized spacial score (nSPS) is 21.9. The SMILES string of the molecule is C=C1NC(=S)NC(c2ccc(F)cc2)C1C(=O)OCC. The van der Waals surface area contributed by atoms with E-state index in [2.05, 4.69) is 17.2 Å². The number of thiocarbonyl (C=S) groups is 1. The summed E-state index contributed by atoms with van der Waals surface area (Å²) in [5.41, 5.74) is 1.22. The van der Waals surface area contributed by atoms with Crippen molar-refractivity contribution in [1.82, 2.24) is 10.6 Å². The molecule has 1 fully saturated rings. The number of halogens is 1. The number of esters is 1. The van der Waals surface area contributed by atoms with Gasteiger partial charge in [0.05, 0.1) is 12.6 Å². The van der Waals surface area contributed by atoms with Gasteiger partial charge in [0.1, 0.15) is 11.7 Å². The molecule has 2 unspecified atom stereocenters. The van der Waals surface area contributed by atoms with Crippen LogP contribution in [-0.2, 0) is 9.53 Å². The molecule has 106 valence electrons. The number of benzene rings is 1. The van der Waals surface area contributed by atoms with Gasteiger partial charge in [-0.25, -0.2) is 4.39 Å². The van der Waals surface area contributed by atoms with Crippen LogP contribution in [0.25, 0.3) is 0 Å². The molecule has 1 aromatic rings. The Morgan fingerprint density at radius 1 is 1.45 bits per heavy atom. The maximum atomic E-state index is 13.0. The van der Waals surface area contributed by atoms with E-state index < -0.39 is 17.9 Å². The Labute approximate surface area is 122 Å². The molecule has 1 aliphatic heterocycles. The van der Waals surface area contributed by atoms with E-state index in [1.807, 2.05) is 0 Å². The molecule has 4 nitrogen and oxygen atoms in total. The quantitative estimate of drug-likeness (QED) is 0.660. The molecule has 2 rings (SSSR count). The molecule has 2 N–H and O–H groups in total. The Bertz CT molecular complexity index is 545. The summed E-state index contributed by atoms with van der Waals surface area (Å²) in [6.07, 6.45) is 0. The van der Waals surface area contributed by atoms with Crippen LogP contribution in [0.4, 0.5) is 4.39 Å². The lowest BCUT2D eigenvalue weighted by Gasteiger charge is -2.34. The molecule has 6 heteroatoms. The molecule has 0 aliphatic carbocycles. The lowest BCUT2D eigenvalue weighted by Crippen LogP contribution is -2.51. The smallest absolute Gasteiger partial charge is 0.317 e. The Balaban J connectivity index is 2.33. The van der Waals surface area contributed by atoms with E-state index in [1.165, 1.54) is 12.1 Å². The molecule has 0 bridgehead atoms. The van der Waals surface area contributed by atoms with Crippen molar-refractivity contribution in [2.45, 2.75) is 13.0 Å². The largest absolute Gasteiger partial charge is 0.465 e. The summed E-state index contributed by atoms with van der Waals surface area (Å²) >= 11 is 5.08. The zero-order valence-electron chi connectivity index (χ0n) is 11.0. The van der Waals surface area contributed by atoms with Crippen molar-refractivity contribution in [2.24, 2.45) is 5.92 Å². The highest BCUT2D eigenvalue weighted by Crippen LogP contribution is 2.30. The summed E-state index contributed by atoms with van der Waals surface area (Å²) in [5, 5.41) is 6.22. The van der Waals surface area contributed by atoms with Gasteiger partial charge in [-0.1, -0.05) is 18.7 Å². The Kier molecular flexibility index (Phi) is 4.34. The molecule has 0 aromatic heterocycles. The highest BCUT2D eigenvalue weighted by Gasteiger charge is 2.37. The molecular weight excluding hydrogens is 279 g/mol. The Hall–Kier alpha value is -1.95. The molecule has 1 saturated heterocycles. The van der Waals surface area contributed by atoms with Gasteiger partial charge in [0.15, 0.2) is 5.11 Å². The van der Waals surface area contributed by atoms with Gasteiger partial charge in [-0.3, -0.25) is 4.79 Å². The highest BCUT2D eigenvalue weighted by atomic mass is 32.1. The summed E-state index contributed by atoms with van der Waals surface area (Å²) in [5.74, 6) is -1.35. The first-order chi connectivity index (χ1) is 9.52. The number of carbonyl (C=O) groups is 1. The molecule has 0 saturated carbocycles. The summed E-state index contributed by atoms with van der Waals surface area (Å²) < 4.78 is 18.1. The Morgan fingerprint density at radius 2 is 2.10 bits per heavy atom. The number of carbonyl (C=O) groups excluding carboxylic acids is 1. The van der Waals surface area contributed by atoms with Gasteiger partial charge in [-0.15, -0.1) is 0 Å². The average Bonchev–Trinajstić information content (AvgIpc) is 2.38. The summed E-state index contributed by atoms with van der Waals surface area (Å²) in [6.45, 7) is 5.85. The first kappa shape index (κ1) is 14.5. The Morgan fingerprint density at radius 3 is 2.70 bits per heavy atom. The fourth-order valence-corrected chi connectivity index (χ4v) is 2.40. The summed E-state index contributed by atoms with van der Waals surface area (Å²) in [7, 11) is 0. The first-order valence-corrected chi connectivity index (χ1v) is 6.62. The molecule has 1 heterocycles. The van der Waals surface area contributed by atoms with E-state index in [1.54, 1.807) is 19.1 Å². The second kappa shape index (κ2) is 6.00. The highest BCUT2D eigenvalue weighted by molar-refractivity contribution is 7.80. The molecule has 20 heavy (non-hydrogen) atoms. The molecular formula is C14H15FN2O2S. The topological polar surface area (TPSA) is 50.4 Å². The molecule has 1 aromatic carbocycles. The van der Waals surface area contributed by atoms with Gasteiger partial charge in [0.25, 0.3) is 0 Å². The third-order valence-electron chi connectivity index (χ3n) is 3.04.